The molecular formula is C20H24N2O5. The number of rotatable bonds is 7. The Morgan fingerprint density at radius 3 is 2.33 bits per heavy atom. The van der Waals surface area contributed by atoms with Crippen LogP contribution in [0.15, 0.2) is 42.5 Å². The Balaban J connectivity index is 1.91. The highest BCUT2D eigenvalue weighted by molar-refractivity contribution is 5.98. The monoisotopic (exact) mass is 372 g/mol. The molecule has 2 N–H and O–H groups in total. The Bertz CT molecular complexity index is 789. The van der Waals surface area contributed by atoms with Gasteiger partial charge in [0.1, 0.15) is 17.2 Å². The van der Waals surface area contributed by atoms with Crippen LogP contribution in [0.2, 0.25) is 0 Å². The average Bonchev–Trinajstić information content (AvgIpc) is 2.67. The number of benzene rings is 2. The van der Waals surface area contributed by atoms with E-state index in [2.05, 4.69) is 10.9 Å². The van der Waals surface area contributed by atoms with Gasteiger partial charge in [-0.05, 0) is 57.2 Å². The minimum absolute atomic E-state index is 0.331. The van der Waals surface area contributed by atoms with Crippen molar-refractivity contribution in [3.05, 3.63) is 53.6 Å². The van der Waals surface area contributed by atoms with Crippen LogP contribution in [0, 0.1) is 6.92 Å². The summed E-state index contributed by atoms with van der Waals surface area (Å²) in [6, 6.07) is 12.2. The smallest absolute Gasteiger partial charge is 0.279 e. The number of carbonyl (C=O) groups is 2. The fourth-order valence-corrected chi connectivity index (χ4v) is 2.33. The second-order valence-electron chi connectivity index (χ2n) is 5.81. The first-order chi connectivity index (χ1) is 12.9. The number of methoxy groups -OCH3 is 1. The molecule has 0 spiro atoms. The summed E-state index contributed by atoms with van der Waals surface area (Å²) in [6.45, 7) is 5.93. The third-order valence-corrected chi connectivity index (χ3v) is 3.72. The van der Waals surface area contributed by atoms with E-state index in [4.69, 9.17) is 14.2 Å². The third kappa shape index (κ3) is 5.64. The highest BCUT2D eigenvalue weighted by Gasteiger charge is 2.17. The van der Waals surface area contributed by atoms with Crippen molar-refractivity contribution in [3.63, 3.8) is 0 Å². The highest BCUT2D eigenvalue weighted by Crippen LogP contribution is 2.20. The molecule has 2 aromatic carbocycles. The summed E-state index contributed by atoms with van der Waals surface area (Å²) in [6.07, 6.45) is -0.803. The number of nitrogens with one attached hydrogen (secondary N) is 2. The van der Waals surface area contributed by atoms with E-state index >= 15 is 0 Å². The lowest BCUT2D eigenvalue weighted by molar-refractivity contribution is -0.128. The summed E-state index contributed by atoms with van der Waals surface area (Å²) in [5, 5.41) is 0. The Morgan fingerprint density at radius 2 is 1.70 bits per heavy atom. The van der Waals surface area contributed by atoms with Crippen molar-refractivity contribution in [1.82, 2.24) is 10.9 Å². The van der Waals surface area contributed by atoms with Gasteiger partial charge in [0.25, 0.3) is 11.8 Å². The molecule has 0 aliphatic carbocycles. The summed E-state index contributed by atoms with van der Waals surface area (Å²) in [7, 11) is 1.48. The van der Waals surface area contributed by atoms with E-state index in [1.807, 2.05) is 19.9 Å². The maximum absolute atomic E-state index is 12.3. The molecule has 0 bridgehead atoms. The largest absolute Gasteiger partial charge is 0.496 e. The molecule has 7 nitrogen and oxygen atoms in total. The standard InChI is InChI=1S/C20H24N2O5/c1-5-26-15-7-9-16(10-8-15)27-14(3)19(23)21-22-20(24)17-12-13(2)6-11-18(17)25-4/h6-12,14H,5H2,1-4H3,(H,21,23)(H,22,24)/t14-/m0/s1. The maximum Gasteiger partial charge on any atom is 0.279 e. The van der Waals surface area contributed by atoms with E-state index in [0.717, 1.165) is 11.3 Å². The van der Waals surface area contributed by atoms with Crippen molar-refractivity contribution < 1.29 is 23.8 Å². The molecule has 2 rings (SSSR count). The summed E-state index contributed by atoms with van der Waals surface area (Å²) in [4.78, 5) is 24.5. The molecule has 0 heterocycles. The number of hydrogen-bond acceptors (Lipinski definition) is 5. The van der Waals surface area contributed by atoms with Crippen LogP contribution < -0.4 is 25.1 Å². The SMILES string of the molecule is CCOc1ccc(O[C@@H](C)C(=O)NNC(=O)c2cc(C)ccc2OC)cc1. The lowest BCUT2D eigenvalue weighted by atomic mass is 10.1. The van der Waals surface area contributed by atoms with E-state index < -0.39 is 17.9 Å². The predicted octanol–water partition coefficient (Wildman–Crippen LogP) is 2.63. The number of carbonyl (C=O) groups excluding carboxylic acids is 2. The van der Waals surface area contributed by atoms with Crippen molar-refractivity contribution in [2.75, 3.05) is 13.7 Å². The normalized spacial score (nSPS) is 11.3. The van der Waals surface area contributed by atoms with Crippen LogP contribution in [0.3, 0.4) is 0 Å². The molecule has 0 aliphatic heterocycles. The summed E-state index contributed by atoms with van der Waals surface area (Å²) in [5.74, 6) is 0.709. The molecule has 27 heavy (non-hydrogen) atoms. The van der Waals surface area contributed by atoms with Crippen LogP contribution >= 0.6 is 0 Å². The lowest BCUT2D eigenvalue weighted by Gasteiger charge is -2.16. The van der Waals surface area contributed by atoms with Gasteiger partial charge in [0.15, 0.2) is 6.10 Å². The molecule has 2 amide bonds. The predicted molar refractivity (Wildman–Crippen MR) is 101 cm³/mol. The van der Waals surface area contributed by atoms with E-state index in [9.17, 15) is 9.59 Å². The molecule has 2 aromatic rings. The van der Waals surface area contributed by atoms with Crippen molar-refractivity contribution in [2.45, 2.75) is 26.9 Å². The molecule has 0 aliphatic rings. The molecule has 1 atom stereocenters. The second kappa shape index (κ2) is 9.47. The van der Waals surface area contributed by atoms with E-state index in [-0.39, 0.29) is 0 Å². The maximum atomic E-state index is 12.3. The quantitative estimate of drug-likeness (QED) is 0.730. The van der Waals surface area contributed by atoms with Gasteiger partial charge in [-0.25, -0.2) is 0 Å². The number of amides is 2. The Labute approximate surface area is 158 Å². The van der Waals surface area contributed by atoms with Crippen LogP contribution in [0.4, 0.5) is 0 Å². The van der Waals surface area contributed by atoms with Crippen LogP contribution in [-0.4, -0.2) is 31.6 Å². The van der Waals surface area contributed by atoms with Gasteiger partial charge in [-0.15, -0.1) is 0 Å². The minimum atomic E-state index is -0.803. The zero-order valence-electron chi connectivity index (χ0n) is 15.9. The fourth-order valence-electron chi connectivity index (χ4n) is 2.33. The number of ether oxygens (including phenoxy) is 3. The fraction of sp³-hybridized carbons (Fsp3) is 0.300. The lowest BCUT2D eigenvalue weighted by Crippen LogP contribution is -2.47. The van der Waals surface area contributed by atoms with E-state index in [0.29, 0.717) is 23.7 Å². The molecule has 0 saturated carbocycles. The zero-order valence-corrected chi connectivity index (χ0v) is 15.9. The van der Waals surface area contributed by atoms with Crippen molar-refractivity contribution in [1.29, 1.82) is 0 Å². The van der Waals surface area contributed by atoms with Gasteiger partial charge in [-0.1, -0.05) is 11.6 Å². The molecule has 0 saturated heterocycles. The molecule has 0 radical (unpaired) electrons. The van der Waals surface area contributed by atoms with E-state index in [1.54, 1.807) is 43.3 Å². The Hall–Kier alpha value is -3.22. The minimum Gasteiger partial charge on any atom is -0.496 e. The summed E-state index contributed by atoms with van der Waals surface area (Å²) < 4.78 is 16.1. The van der Waals surface area contributed by atoms with Gasteiger partial charge < -0.3 is 14.2 Å². The van der Waals surface area contributed by atoms with Gasteiger partial charge in [0.2, 0.25) is 0 Å². The number of aryl methyl sites for hydroxylation is 1. The Kier molecular flexibility index (Phi) is 7.05. The van der Waals surface area contributed by atoms with Crippen LogP contribution in [-0.2, 0) is 4.79 Å². The highest BCUT2D eigenvalue weighted by atomic mass is 16.5. The van der Waals surface area contributed by atoms with Crippen LogP contribution in [0.1, 0.15) is 29.8 Å². The second-order valence-corrected chi connectivity index (χ2v) is 5.81. The van der Waals surface area contributed by atoms with Crippen LogP contribution in [0.5, 0.6) is 17.2 Å². The zero-order chi connectivity index (χ0) is 19.8. The average molecular weight is 372 g/mol. The van der Waals surface area contributed by atoms with Crippen molar-refractivity contribution >= 4 is 11.8 Å². The van der Waals surface area contributed by atoms with Gasteiger partial charge >= 0.3 is 0 Å². The van der Waals surface area contributed by atoms with E-state index in [1.165, 1.54) is 7.11 Å². The van der Waals surface area contributed by atoms with Crippen molar-refractivity contribution in [2.24, 2.45) is 0 Å². The molecule has 7 heteroatoms. The summed E-state index contributed by atoms with van der Waals surface area (Å²) >= 11 is 0. The summed E-state index contributed by atoms with van der Waals surface area (Å²) in [5.41, 5.74) is 5.97. The van der Waals surface area contributed by atoms with Gasteiger partial charge in [0, 0.05) is 0 Å². The molecule has 0 unspecified atom stereocenters. The number of hydrogen-bond donors (Lipinski definition) is 2. The van der Waals surface area contributed by atoms with Crippen LogP contribution in [0.25, 0.3) is 0 Å². The first-order valence-corrected chi connectivity index (χ1v) is 8.59. The topological polar surface area (TPSA) is 85.9 Å². The van der Waals surface area contributed by atoms with Gasteiger partial charge in [0.05, 0.1) is 19.3 Å². The first-order valence-electron chi connectivity index (χ1n) is 8.59. The molecule has 0 fully saturated rings. The van der Waals surface area contributed by atoms with Gasteiger partial charge in [-0.3, -0.25) is 20.4 Å². The van der Waals surface area contributed by atoms with Gasteiger partial charge in [-0.2, -0.15) is 0 Å². The molecule has 144 valence electrons. The number of hydrazine groups is 1. The molecule has 0 aromatic heterocycles. The Morgan fingerprint density at radius 1 is 1.04 bits per heavy atom. The molecular weight excluding hydrogens is 348 g/mol. The first kappa shape index (κ1) is 20.1. The third-order valence-electron chi connectivity index (χ3n) is 3.72. The van der Waals surface area contributed by atoms with Crippen molar-refractivity contribution in [3.8, 4) is 17.2 Å².